The summed E-state index contributed by atoms with van der Waals surface area (Å²) in [6, 6.07) is 8.11. The Labute approximate surface area is 165 Å². The van der Waals surface area contributed by atoms with Crippen LogP contribution in [0.2, 0.25) is 0 Å². The summed E-state index contributed by atoms with van der Waals surface area (Å²) in [5.74, 6) is 0. The van der Waals surface area contributed by atoms with E-state index in [0.29, 0.717) is 5.56 Å². The van der Waals surface area contributed by atoms with Gasteiger partial charge in [0.1, 0.15) is 5.58 Å². The van der Waals surface area contributed by atoms with E-state index in [2.05, 4.69) is 43.6 Å². The fourth-order valence-electron chi connectivity index (χ4n) is 4.92. The third-order valence-corrected chi connectivity index (χ3v) is 6.76. The van der Waals surface area contributed by atoms with Crippen LogP contribution in [0.3, 0.4) is 0 Å². The average molecular weight is 375 g/mol. The molecule has 0 saturated heterocycles. The molecule has 0 saturated carbocycles. The van der Waals surface area contributed by atoms with E-state index < -0.39 is 0 Å². The minimum Gasteiger partial charge on any atom is -0.422 e. The number of nitrogens with one attached hydrogen (secondary N) is 1. The fraction of sp³-hybridized carbons (Fsp3) is 0.417. The third kappa shape index (κ3) is 2.43. The third-order valence-electron chi connectivity index (χ3n) is 6.76. The molecule has 28 heavy (non-hydrogen) atoms. The molecule has 0 fully saturated rings. The molecule has 0 spiro atoms. The number of hydrogen-bond acceptors (Lipinski definition) is 3. The Morgan fingerprint density at radius 1 is 1.00 bits per heavy atom. The van der Waals surface area contributed by atoms with Crippen molar-refractivity contribution in [3.8, 4) is 11.1 Å². The van der Waals surface area contributed by atoms with Crippen molar-refractivity contribution in [3.05, 3.63) is 58.2 Å². The van der Waals surface area contributed by atoms with E-state index >= 15 is 0 Å². The van der Waals surface area contributed by atoms with E-state index in [1.165, 1.54) is 16.8 Å². The molecule has 2 aliphatic rings. The number of aromatic amines is 1. The largest absolute Gasteiger partial charge is 0.422 e. The van der Waals surface area contributed by atoms with Crippen LogP contribution in [0.1, 0.15) is 51.7 Å². The molecule has 1 N–H and O–H groups in total. The quantitative estimate of drug-likeness (QED) is 0.591. The molecule has 4 nitrogen and oxygen atoms in total. The standard InChI is InChI=1S/C24H26N2O2/c1-23(2)7-11-26-12-8-24(3,4)19-20(26)18(23)14-16-13-17(22(27)28-21(16)19)15-5-9-25-10-6-15/h5-6,9-10,13-14H,7-8,11-12H2,1-4H3/p+1. The number of anilines is 1. The number of aromatic nitrogens is 1. The molecule has 0 bridgehead atoms. The number of H-pyrrole nitrogens is 1. The molecular weight excluding hydrogens is 348 g/mol. The van der Waals surface area contributed by atoms with Crippen LogP contribution in [0.15, 0.2) is 45.9 Å². The lowest BCUT2D eigenvalue weighted by molar-refractivity contribution is -0.377. The van der Waals surface area contributed by atoms with Crippen LogP contribution in [0, 0.1) is 0 Å². The number of pyridine rings is 1. The summed E-state index contributed by atoms with van der Waals surface area (Å²) < 4.78 is 6.03. The van der Waals surface area contributed by atoms with E-state index in [-0.39, 0.29) is 16.5 Å². The molecule has 4 heterocycles. The SMILES string of the molecule is CC1(C)CCN2CCC(C)(C)c3c2c1cc1cc(-c2cc[nH+]cc2)c(=O)oc31. The van der Waals surface area contributed by atoms with Crippen LogP contribution in [-0.2, 0) is 10.8 Å². The molecule has 3 aromatic rings. The highest BCUT2D eigenvalue weighted by Gasteiger charge is 2.41. The predicted octanol–water partition coefficient (Wildman–Crippen LogP) is 4.44. The fourth-order valence-corrected chi connectivity index (χ4v) is 4.92. The van der Waals surface area contributed by atoms with Gasteiger partial charge in [0, 0.05) is 47.4 Å². The first kappa shape index (κ1) is 17.5. The van der Waals surface area contributed by atoms with Gasteiger partial charge in [0.05, 0.1) is 5.56 Å². The summed E-state index contributed by atoms with van der Waals surface area (Å²) in [4.78, 5) is 18.4. The highest BCUT2D eigenvalue weighted by atomic mass is 16.4. The summed E-state index contributed by atoms with van der Waals surface area (Å²) in [5, 5.41) is 1.03. The maximum atomic E-state index is 12.9. The van der Waals surface area contributed by atoms with Crippen LogP contribution < -0.4 is 15.5 Å². The number of rotatable bonds is 1. The molecule has 0 amide bonds. The smallest absolute Gasteiger partial charge is 0.344 e. The zero-order chi connectivity index (χ0) is 19.7. The van der Waals surface area contributed by atoms with E-state index in [9.17, 15) is 4.79 Å². The van der Waals surface area contributed by atoms with E-state index in [4.69, 9.17) is 4.42 Å². The van der Waals surface area contributed by atoms with Gasteiger partial charge in [-0.25, -0.2) is 9.78 Å². The molecule has 144 valence electrons. The molecule has 2 aromatic heterocycles. The molecule has 0 aliphatic carbocycles. The van der Waals surface area contributed by atoms with E-state index in [1.54, 1.807) is 0 Å². The number of hydrogen-bond donors (Lipinski definition) is 0. The van der Waals surface area contributed by atoms with Gasteiger partial charge in [0.25, 0.3) is 0 Å². The van der Waals surface area contributed by atoms with Crippen molar-refractivity contribution in [2.24, 2.45) is 0 Å². The maximum absolute atomic E-state index is 12.9. The minimum atomic E-state index is -0.266. The number of nitrogens with zero attached hydrogens (tertiary/aromatic N) is 1. The Balaban J connectivity index is 1.89. The Morgan fingerprint density at radius 3 is 2.39 bits per heavy atom. The van der Waals surface area contributed by atoms with Crippen LogP contribution in [0.25, 0.3) is 22.1 Å². The van der Waals surface area contributed by atoms with E-state index in [1.807, 2.05) is 30.6 Å². The van der Waals surface area contributed by atoms with Gasteiger partial charge in [-0.1, -0.05) is 27.7 Å². The van der Waals surface area contributed by atoms with Gasteiger partial charge in [0.15, 0.2) is 12.4 Å². The summed E-state index contributed by atoms with van der Waals surface area (Å²) in [6.07, 6.45) is 5.88. The Kier molecular flexibility index (Phi) is 3.55. The van der Waals surface area contributed by atoms with Crippen molar-refractivity contribution in [2.75, 3.05) is 18.0 Å². The van der Waals surface area contributed by atoms with Gasteiger partial charge in [-0.3, -0.25) is 0 Å². The molecule has 2 aliphatic heterocycles. The second-order valence-electron chi connectivity index (χ2n) is 9.56. The zero-order valence-corrected chi connectivity index (χ0v) is 17.1. The van der Waals surface area contributed by atoms with Crippen LogP contribution in [0.5, 0.6) is 0 Å². The van der Waals surface area contributed by atoms with Crippen molar-refractivity contribution in [3.63, 3.8) is 0 Å². The monoisotopic (exact) mass is 375 g/mol. The van der Waals surface area contributed by atoms with Gasteiger partial charge < -0.3 is 9.32 Å². The molecule has 5 rings (SSSR count). The van der Waals surface area contributed by atoms with Gasteiger partial charge in [-0.05, 0) is 41.4 Å². The van der Waals surface area contributed by atoms with Crippen LogP contribution >= 0.6 is 0 Å². The Bertz CT molecular complexity index is 1140. The molecule has 0 radical (unpaired) electrons. The number of fused-ring (bicyclic) bond motifs is 2. The number of benzene rings is 1. The first-order valence-corrected chi connectivity index (χ1v) is 10.2. The van der Waals surface area contributed by atoms with Crippen molar-refractivity contribution < 1.29 is 9.40 Å². The van der Waals surface area contributed by atoms with Gasteiger partial charge in [-0.15, -0.1) is 0 Å². The Hall–Kier alpha value is -2.62. The topological polar surface area (TPSA) is 47.6 Å². The lowest BCUT2D eigenvalue weighted by Crippen LogP contribution is -2.44. The first-order chi connectivity index (χ1) is 13.3. The average Bonchev–Trinajstić information content (AvgIpc) is 2.66. The highest BCUT2D eigenvalue weighted by molar-refractivity contribution is 5.92. The normalized spacial score (nSPS) is 19.5. The van der Waals surface area contributed by atoms with Crippen LogP contribution in [-0.4, -0.2) is 13.1 Å². The van der Waals surface area contributed by atoms with Crippen molar-refractivity contribution in [1.82, 2.24) is 0 Å². The van der Waals surface area contributed by atoms with Gasteiger partial charge in [0.2, 0.25) is 0 Å². The lowest BCUT2D eigenvalue weighted by atomic mass is 9.69. The molecule has 0 unspecified atom stereocenters. The van der Waals surface area contributed by atoms with Crippen molar-refractivity contribution >= 4 is 16.7 Å². The molecular formula is C24H27N2O2+. The van der Waals surface area contributed by atoms with Gasteiger partial charge in [-0.2, -0.15) is 0 Å². The van der Waals surface area contributed by atoms with Gasteiger partial charge >= 0.3 is 5.63 Å². The summed E-state index contributed by atoms with van der Waals surface area (Å²) in [5.41, 5.74) is 5.99. The summed E-state index contributed by atoms with van der Waals surface area (Å²) in [6.45, 7) is 11.4. The van der Waals surface area contributed by atoms with Crippen molar-refractivity contribution in [2.45, 2.75) is 51.4 Å². The Morgan fingerprint density at radius 2 is 1.68 bits per heavy atom. The molecule has 4 heteroatoms. The lowest BCUT2D eigenvalue weighted by Gasteiger charge is -2.48. The molecule has 0 atom stereocenters. The van der Waals surface area contributed by atoms with Crippen LogP contribution in [0.4, 0.5) is 5.69 Å². The maximum Gasteiger partial charge on any atom is 0.344 e. The second-order valence-corrected chi connectivity index (χ2v) is 9.56. The second kappa shape index (κ2) is 5.69. The van der Waals surface area contributed by atoms with E-state index in [0.717, 1.165) is 42.5 Å². The predicted molar refractivity (Wildman–Crippen MR) is 112 cm³/mol. The minimum absolute atomic E-state index is 0.0212. The first-order valence-electron chi connectivity index (χ1n) is 10.2. The summed E-state index contributed by atoms with van der Waals surface area (Å²) >= 11 is 0. The zero-order valence-electron chi connectivity index (χ0n) is 17.1. The van der Waals surface area contributed by atoms with Crippen molar-refractivity contribution in [1.29, 1.82) is 0 Å². The molecule has 1 aromatic carbocycles. The summed E-state index contributed by atoms with van der Waals surface area (Å²) in [7, 11) is 0. The highest BCUT2D eigenvalue weighted by Crippen LogP contribution is 2.51.